The van der Waals surface area contributed by atoms with Gasteiger partial charge in [-0.15, -0.1) is 0 Å². The number of benzene rings is 3. The van der Waals surface area contributed by atoms with Crippen molar-refractivity contribution in [2.45, 2.75) is 0 Å². The van der Waals surface area contributed by atoms with E-state index in [-0.39, 0.29) is 5.56 Å². The van der Waals surface area contributed by atoms with Gasteiger partial charge in [-0.1, -0.05) is 35.9 Å². The topological polar surface area (TPSA) is 70.7 Å². The molecule has 0 saturated heterocycles. The Labute approximate surface area is 160 Å². The Morgan fingerprint density at radius 2 is 1.81 bits per heavy atom. The van der Waals surface area contributed by atoms with E-state index in [2.05, 4.69) is 16.4 Å². The van der Waals surface area contributed by atoms with Crippen molar-refractivity contribution in [3.63, 3.8) is 0 Å². The second-order valence-electron chi connectivity index (χ2n) is 5.89. The van der Waals surface area contributed by atoms with E-state index < -0.39 is 0 Å². The molecule has 4 rings (SSSR count). The molecule has 0 saturated carbocycles. The summed E-state index contributed by atoms with van der Waals surface area (Å²) in [5.41, 5.74) is 2.17. The highest BCUT2D eigenvalue weighted by Crippen LogP contribution is 2.22. The van der Waals surface area contributed by atoms with Gasteiger partial charge in [0, 0.05) is 10.7 Å². The molecule has 0 bridgehead atoms. The number of nitriles is 1. The number of hydrogen-bond acceptors (Lipinski definition) is 4. The minimum absolute atomic E-state index is 0.229. The Hall–Kier alpha value is -3.62. The Bertz CT molecular complexity index is 1240. The number of nitrogens with one attached hydrogen (secondary N) is 1. The first-order chi connectivity index (χ1) is 13.2. The number of para-hydroxylation sites is 1. The summed E-state index contributed by atoms with van der Waals surface area (Å²) in [4.78, 5) is 17.8. The third kappa shape index (κ3) is 3.26. The van der Waals surface area contributed by atoms with Crippen LogP contribution in [0.25, 0.3) is 16.6 Å². The first-order valence-electron chi connectivity index (χ1n) is 8.20. The molecule has 1 aromatic heterocycles. The maximum atomic E-state index is 13.2. The zero-order valence-corrected chi connectivity index (χ0v) is 14.8. The van der Waals surface area contributed by atoms with E-state index in [1.807, 2.05) is 36.4 Å². The first kappa shape index (κ1) is 16.8. The lowest BCUT2D eigenvalue weighted by Gasteiger charge is -2.15. The molecular formula is C21H13ClN4O. The van der Waals surface area contributed by atoms with Crippen molar-refractivity contribution in [2.24, 2.45) is 0 Å². The highest BCUT2D eigenvalue weighted by atomic mass is 35.5. The molecule has 6 heteroatoms. The van der Waals surface area contributed by atoms with Crippen molar-refractivity contribution in [1.29, 1.82) is 5.26 Å². The third-order valence-corrected chi connectivity index (χ3v) is 4.33. The van der Waals surface area contributed by atoms with Crippen LogP contribution in [-0.4, -0.2) is 9.55 Å². The number of nitrogens with zero attached hydrogens (tertiary/aromatic N) is 3. The van der Waals surface area contributed by atoms with E-state index in [4.69, 9.17) is 16.9 Å². The van der Waals surface area contributed by atoms with Gasteiger partial charge in [0.05, 0.1) is 28.2 Å². The van der Waals surface area contributed by atoms with Crippen LogP contribution in [0.5, 0.6) is 0 Å². The molecule has 0 aliphatic carbocycles. The van der Waals surface area contributed by atoms with Crippen molar-refractivity contribution < 1.29 is 0 Å². The molecule has 130 valence electrons. The van der Waals surface area contributed by atoms with E-state index in [0.29, 0.717) is 38.8 Å². The van der Waals surface area contributed by atoms with Crippen LogP contribution >= 0.6 is 11.6 Å². The average Bonchev–Trinajstić information content (AvgIpc) is 2.70. The fraction of sp³-hybridized carbons (Fsp3) is 0. The SMILES string of the molecule is N#Cc1cccc(Nc2nc3ccc(Cl)cc3c(=O)n2-c2ccccc2)c1. The van der Waals surface area contributed by atoms with Gasteiger partial charge in [-0.3, -0.25) is 4.79 Å². The van der Waals surface area contributed by atoms with Crippen LogP contribution in [-0.2, 0) is 0 Å². The van der Waals surface area contributed by atoms with E-state index in [1.54, 1.807) is 36.4 Å². The van der Waals surface area contributed by atoms with E-state index in [1.165, 1.54) is 4.57 Å². The van der Waals surface area contributed by atoms with Crippen LogP contribution in [0.3, 0.4) is 0 Å². The van der Waals surface area contributed by atoms with Crippen molar-refractivity contribution in [1.82, 2.24) is 9.55 Å². The number of aromatic nitrogens is 2. The van der Waals surface area contributed by atoms with E-state index in [0.717, 1.165) is 0 Å². The van der Waals surface area contributed by atoms with Crippen molar-refractivity contribution in [3.05, 3.63) is 93.7 Å². The summed E-state index contributed by atoms with van der Waals surface area (Å²) in [6, 6.07) is 23.4. The number of rotatable bonds is 3. The highest BCUT2D eigenvalue weighted by Gasteiger charge is 2.13. The first-order valence-corrected chi connectivity index (χ1v) is 8.58. The average molecular weight is 373 g/mol. The second-order valence-corrected chi connectivity index (χ2v) is 6.33. The van der Waals surface area contributed by atoms with Crippen molar-refractivity contribution in [3.8, 4) is 11.8 Å². The molecule has 0 spiro atoms. The largest absolute Gasteiger partial charge is 0.325 e. The molecule has 0 atom stereocenters. The van der Waals surface area contributed by atoms with Gasteiger partial charge in [0.25, 0.3) is 5.56 Å². The molecule has 4 aromatic rings. The van der Waals surface area contributed by atoms with Crippen LogP contribution in [0.2, 0.25) is 5.02 Å². The van der Waals surface area contributed by atoms with Gasteiger partial charge in [-0.25, -0.2) is 9.55 Å². The summed E-state index contributed by atoms with van der Waals surface area (Å²) >= 11 is 6.07. The molecular weight excluding hydrogens is 360 g/mol. The summed E-state index contributed by atoms with van der Waals surface area (Å²) in [5, 5.41) is 13.2. The number of anilines is 2. The maximum Gasteiger partial charge on any atom is 0.267 e. The van der Waals surface area contributed by atoms with Gasteiger partial charge in [0.15, 0.2) is 0 Å². The van der Waals surface area contributed by atoms with Crippen LogP contribution in [0.4, 0.5) is 11.6 Å². The van der Waals surface area contributed by atoms with Crippen LogP contribution in [0.15, 0.2) is 77.6 Å². The molecule has 0 fully saturated rings. The lowest BCUT2D eigenvalue weighted by atomic mass is 10.2. The lowest BCUT2D eigenvalue weighted by Crippen LogP contribution is -2.22. The van der Waals surface area contributed by atoms with E-state index in [9.17, 15) is 4.79 Å². The van der Waals surface area contributed by atoms with Crippen LogP contribution in [0.1, 0.15) is 5.56 Å². The third-order valence-electron chi connectivity index (χ3n) is 4.09. The minimum Gasteiger partial charge on any atom is -0.325 e. The fourth-order valence-electron chi connectivity index (χ4n) is 2.85. The Morgan fingerprint density at radius 3 is 2.59 bits per heavy atom. The highest BCUT2D eigenvalue weighted by molar-refractivity contribution is 6.31. The van der Waals surface area contributed by atoms with Crippen LogP contribution < -0.4 is 10.9 Å². The van der Waals surface area contributed by atoms with Crippen molar-refractivity contribution >= 4 is 34.1 Å². The molecule has 0 amide bonds. The monoisotopic (exact) mass is 372 g/mol. The van der Waals surface area contributed by atoms with Gasteiger partial charge in [-0.2, -0.15) is 5.26 Å². The normalized spacial score (nSPS) is 10.5. The predicted molar refractivity (Wildman–Crippen MR) is 107 cm³/mol. The van der Waals surface area contributed by atoms with Gasteiger partial charge in [0.2, 0.25) is 5.95 Å². The molecule has 1 N–H and O–H groups in total. The molecule has 0 aliphatic rings. The predicted octanol–water partition coefficient (Wildman–Crippen LogP) is 4.65. The summed E-state index contributed by atoms with van der Waals surface area (Å²) in [7, 11) is 0. The lowest BCUT2D eigenvalue weighted by molar-refractivity contribution is 0.974. The van der Waals surface area contributed by atoms with Gasteiger partial charge in [-0.05, 0) is 48.5 Å². The van der Waals surface area contributed by atoms with Crippen LogP contribution in [0, 0.1) is 11.3 Å². The number of halogens is 1. The second kappa shape index (κ2) is 6.94. The van der Waals surface area contributed by atoms with Gasteiger partial charge < -0.3 is 5.32 Å². The van der Waals surface area contributed by atoms with E-state index >= 15 is 0 Å². The quantitative estimate of drug-likeness (QED) is 0.568. The molecule has 5 nitrogen and oxygen atoms in total. The summed E-state index contributed by atoms with van der Waals surface area (Å²) in [6.07, 6.45) is 0. The molecule has 0 radical (unpaired) electrons. The standard InChI is InChI=1S/C21H13ClN4O/c22-15-9-10-19-18(12-15)20(27)26(17-7-2-1-3-8-17)21(25-19)24-16-6-4-5-14(11-16)13-23/h1-12H,(H,24,25). The molecule has 0 aliphatic heterocycles. The van der Waals surface area contributed by atoms with Gasteiger partial charge in [0.1, 0.15) is 0 Å². The Morgan fingerprint density at radius 1 is 1.00 bits per heavy atom. The molecule has 1 heterocycles. The number of fused-ring (bicyclic) bond motifs is 1. The summed E-state index contributed by atoms with van der Waals surface area (Å²) < 4.78 is 1.50. The molecule has 27 heavy (non-hydrogen) atoms. The zero-order chi connectivity index (χ0) is 18.8. The molecule has 0 unspecified atom stereocenters. The Kier molecular flexibility index (Phi) is 4.33. The van der Waals surface area contributed by atoms with Gasteiger partial charge >= 0.3 is 0 Å². The number of hydrogen-bond donors (Lipinski definition) is 1. The molecule has 3 aromatic carbocycles. The summed E-state index contributed by atoms with van der Waals surface area (Å²) in [5.74, 6) is 0.358. The smallest absolute Gasteiger partial charge is 0.267 e. The minimum atomic E-state index is -0.229. The Balaban J connectivity index is 1.96. The fourth-order valence-corrected chi connectivity index (χ4v) is 3.03. The summed E-state index contributed by atoms with van der Waals surface area (Å²) in [6.45, 7) is 0. The zero-order valence-electron chi connectivity index (χ0n) is 14.1. The maximum absolute atomic E-state index is 13.2. The van der Waals surface area contributed by atoms with Crippen molar-refractivity contribution in [2.75, 3.05) is 5.32 Å².